The van der Waals surface area contributed by atoms with Crippen molar-refractivity contribution in [3.05, 3.63) is 27.7 Å². The molecular formula is C11H13Cl2N. The van der Waals surface area contributed by atoms with Gasteiger partial charge in [0.05, 0.1) is 10.7 Å². The van der Waals surface area contributed by atoms with E-state index in [1.165, 1.54) is 5.56 Å². The highest BCUT2D eigenvalue weighted by atomic mass is 35.5. The molecule has 0 bridgehead atoms. The van der Waals surface area contributed by atoms with Gasteiger partial charge in [0.1, 0.15) is 0 Å². The molecule has 3 heteroatoms. The van der Waals surface area contributed by atoms with E-state index >= 15 is 0 Å². The average Bonchev–Trinajstić information content (AvgIpc) is 2.47. The van der Waals surface area contributed by atoms with Gasteiger partial charge in [0, 0.05) is 17.5 Å². The molecule has 14 heavy (non-hydrogen) atoms. The number of benzene rings is 1. The summed E-state index contributed by atoms with van der Waals surface area (Å²) in [5.41, 5.74) is 2.33. The third-order valence-electron chi connectivity index (χ3n) is 2.79. The lowest BCUT2D eigenvalue weighted by atomic mass is 9.90. The van der Waals surface area contributed by atoms with Gasteiger partial charge in [-0.15, -0.1) is 0 Å². The minimum absolute atomic E-state index is 0.529. The van der Waals surface area contributed by atoms with Crippen LogP contribution < -0.4 is 5.32 Å². The average molecular weight is 230 g/mol. The molecular weight excluding hydrogens is 217 g/mol. The van der Waals surface area contributed by atoms with Gasteiger partial charge in [-0.3, -0.25) is 0 Å². The Kier molecular flexibility index (Phi) is 2.63. The number of nitrogens with one attached hydrogen (secondary N) is 1. The Morgan fingerprint density at radius 2 is 2.07 bits per heavy atom. The molecule has 2 rings (SSSR count). The second kappa shape index (κ2) is 3.63. The number of hydrogen-bond acceptors (Lipinski definition) is 1. The van der Waals surface area contributed by atoms with Crippen molar-refractivity contribution in [1.29, 1.82) is 0 Å². The molecule has 1 heterocycles. The molecule has 0 aliphatic carbocycles. The fourth-order valence-electron chi connectivity index (χ4n) is 1.99. The van der Waals surface area contributed by atoms with Crippen LogP contribution in [0.3, 0.4) is 0 Å². The van der Waals surface area contributed by atoms with Crippen molar-refractivity contribution in [2.75, 3.05) is 11.9 Å². The largest absolute Gasteiger partial charge is 0.383 e. The Balaban J connectivity index is 2.49. The molecule has 1 aromatic rings. The quantitative estimate of drug-likeness (QED) is 0.763. The number of halogens is 2. The minimum atomic E-state index is 0.529. The van der Waals surface area contributed by atoms with Crippen LogP contribution >= 0.6 is 23.2 Å². The smallest absolute Gasteiger partial charge is 0.0655 e. The first-order valence-corrected chi connectivity index (χ1v) is 5.58. The fourth-order valence-corrected chi connectivity index (χ4v) is 2.57. The summed E-state index contributed by atoms with van der Waals surface area (Å²) >= 11 is 12.1. The molecule has 1 aliphatic heterocycles. The molecule has 76 valence electrons. The predicted octanol–water partition coefficient (Wildman–Crippen LogP) is 4.16. The van der Waals surface area contributed by atoms with E-state index in [4.69, 9.17) is 23.2 Å². The van der Waals surface area contributed by atoms with Crippen LogP contribution in [0, 0.1) is 5.92 Å². The van der Waals surface area contributed by atoms with E-state index in [1.807, 2.05) is 6.07 Å². The molecule has 0 fully saturated rings. The van der Waals surface area contributed by atoms with Crippen LogP contribution in [-0.2, 0) is 0 Å². The van der Waals surface area contributed by atoms with Crippen molar-refractivity contribution < 1.29 is 0 Å². The lowest BCUT2D eigenvalue weighted by molar-refractivity contribution is 0.533. The van der Waals surface area contributed by atoms with E-state index in [2.05, 4.69) is 19.2 Å². The van der Waals surface area contributed by atoms with E-state index in [0.29, 0.717) is 11.8 Å². The molecule has 0 aromatic heterocycles. The number of hydrogen-bond donors (Lipinski definition) is 1. The zero-order valence-electron chi connectivity index (χ0n) is 8.27. The molecule has 1 aromatic carbocycles. The second-order valence-corrected chi connectivity index (χ2v) is 4.93. The van der Waals surface area contributed by atoms with Crippen molar-refractivity contribution in [2.24, 2.45) is 5.92 Å². The molecule has 0 saturated carbocycles. The van der Waals surface area contributed by atoms with Gasteiger partial charge in [0.2, 0.25) is 0 Å². The van der Waals surface area contributed by atoms with Crippen molar-refractivity contribution in [1.82, 2.24) is 0 Å². The molecule has 0 radical (unpaired) electrons. The zero-order valence-corrected chi connectivity index (χ0v) is 9.78. The number of rotatable bonds is 1. The molecule has 1 atom stereocenters. The summed E-state index contributed by atoms with van der Waals surface area (Å²) in [4.78, 5) is 0. The minimum Gasteiger partial charge on any atom is -0.383 e. The van der Waals surface area contributed by atoms with Crippen molar-refractivity contribution in [3.8, 4) is 0 Å². The Hall–Kier alpha value is -0.400. The molecule has 0 spiro atoms. The van der Waals surface area contributed by atoms with Crippen molar-refractivity contribution >= 4 is 28.9 Å². The normalized spacial score (nSPS) is 19.6. The van der Waals surface area contributed by atoms with Crippen molar-refractivity contribution in [2.45, 2.75) is 19.8 Å². The summed E-state index contributed by atoms with van der Waals surface area (Å²) in [7, 11) is 0. The molecule has 1 unspecified atom stereocenters. The maximum absolute atomic E-state index is 6.10. The first kappa shape index (κ1) is 10.1. The van der Waals surface area contributed by atoms with Gasteiger partial charge >= 0.3 is 0 Å². The number of fused-ring (bicyclic) bond motifs is 1. The second-order valence-electron chi connectivity index (χ2n) is 4.08. The molecule has 1 N–H and O–H groups in total. The van der Waals surface area contributed by atoms with Crippen LogP contribution in [0.4, 0.5) is 5.69 Å². The molecule has 1 nitrogen and oxygen atoms in total. The van der Waals surface area contributed by atoms with Gasteiger partial charge in [0.15, 0.2) is 0 Å². The monoisotopic (exact) mass is 229 g/mol. The van der Waals surface area contributed by atoms with Gasteiger partial charge in [-0.2, -0.15) is 0 Å². The Bertz CT molecular complexity index is 361. The zero-order chi connectivity index (χ0) is 10.3. The van der Waals surface area contributed by atoms with Gasteiger partial charge < -0.3 is 5.32 Å². The van der Waals surface area contributed by atoms with E-state index < -0.39 is 0 Å². The topological polar surface area (TPSA) is 12.0 Å². The predicted molar refractivity (Wildman–Crippen MR) is 62.5 cm³/mol. The Labute approximate surface area is 94.4 Å². The van der Waals surface area contributed by atoms with E-state index in [1.54, 1.807) is 6.07 Å². The van der Waals surface area contributed by atoms with Crippen LogP contribution in [0.15, 0.2) is 12.1 Å². The lowest BCUT2D eigenvalue weighted by Crippen LogP contribution is -2.08. The third kappa shape index (κ3) is 1.59. The van der Waals surface area contributed by atoms with Gasteiger partial charge in [-0.25, -0.2) is 0 Å². The molecule has 0 amide bonds. The van der Waals surface area contributed by atoms with E-state index in [-0.39, 0.29) is 0 Å². The first-order chi connectivity index (χ1) is 6.59. The highest BCUT2D eigenvalue weighted by Gasteiger charge is 2.26. The van der Waals surface area contributed by atoms with Crippen LogP contribution in [0.25, 0.3) is 0 Å². The summed E-state index contributed by atoms with van der Waals surface area (Å²) in [6, 6.07) is 3.81. The molecule has 1 aliphatic rings. The maximum atomic E-state index is 6.10. The first-order valence-electron chi connectivity index (χ1n) is 4.82. The SMILES string of the molecule is CC(C)C1CNc2c(Cl)cc(Cl)cc21. The van der Waals surface area contributed by atoms with Crippen molar-refractivity contribution in [3.63, 3.8) is 0 Å². The fraction of sp³-hybridized carbons (Fsp3) is 0.455. The Morgan fingerprint density at radius 3 is 2.71 bits per heavy atom. The summed E-state index contributed by atoms with van der Waals surface area (Å²) in [6.45, 7) is 5.40. The summed E-state index contributed by atoms with van der Waals surface area (Å²) < 4.78 is 0. The van der Waals surface area contributed by atoms with Gasteiger partial charge in [-0.1, -0.05) is 37.0 Å². The highest BCUT2D eigenvalue weighted by molar-refractivity contribution is 6.36. The van der Waals surface area contributed by atoms with Crippen LogP contribution in [0.5, 0.6) is 0 Å². The van der Waals surface area contributed by atoms with Gasteiger partial charge in [-0.05, 0) is 23.6 Å². The highest BCUT2D eigenvalue weighted by Crippen LogP contribution is 2.41. The summed E-state index contributed by atoms with van der Waals surface area (Å²) in [6.07, 6.45) is 0. The summed E-state index contributed by atoms with van der Waals surface area (Å²) in [5, 5.41) is 4.79. The van der Waals surface area contributed by atoms with Crippen LogP contribution in [-0.4, -0.2) is 6.54 Å². The maximum Gasteiger partial charge on any atom is 0.0655 e. The molecule has 0 saturated heterocycles. The van der Waals surface area contributed by atoms with E-state index in [0.717, 1.165) is 22.3 Å². The lowest BCUT2D eigenvalue weighted by Gasteiger charge is -2.14. The van der Waals surface area contributed by atoms with Crippen LogP contribution in [0.2, 0.25) is 10.0 Å². The standard InChI is InChI=1S/C11H13Cl2N/c1-6(2)9-5-14-11-8(9)3-7(12)4-10(11)13/h3-4,6,9,14H,5H2,1-2H3. The Morgan fingerprint density at radius 1 is 1.36 bits per heavy atom. The number of anilines is 1. The summed E-state index contributed by atoms with van der Waals surface area (Å²) in [5.74, 6) is 1.14. The third-order valence-corrected chi connectivity index (χ3v) is 3.30. The van der Waals surface area contributed by atoms with Crippen LogP contribution in [0.1, 0.15) is 25.3 Å². The van der Waals surface area contributed by atoms with E-state index in [9.17, 15) is 0 Å². The van der Waals surface area contributed by atoms with Gasteiger partial charge in [0.25, 0.3) is 0 Å².